The number of rotatable bonds is 8. The number of hydrogen-bond acceptors (Lipinski definition) is 2. The topological polar surface area (TPSA) is 23.6 Å². The molecule has 0 fully saturated rings. The molecule has 0 aromatic heterocycles. The fourth-order valence-electron chi connectivity index (χ4n) is 1.73. The Morgan fingerprint density at radius 1 is 0.933 bits per heavy atom. The second-order valence-corrected chi connectivity index (χ2v) is 3.70. The van der Waals surface area contributed by atoms with Crippen molar-refractivity contribution in [2.75, 3.05) is 32.7 Å². The third-order valence-electron chi connectivity index (χ3n) is 2.88. The second kappa shape index (κ2) is 8.72. The number of carbonyl (C=O) groups excluding carboxylic acids is 1. The van der Waals surface area contributed by atoms with E-state index in [0.717, 1.165) is 39.1 Å². The number of hydrogen-bond donors (Lipinski definition) is 0. The molecular formula is C12H26N2O. The molecule has 0 aliphatic rings. The van der Waals surface area contributed by atoms with Gasteiger partial charge in [-0.1, -0.05) is 13.8 Å². The van der Waals surface area contributed by atoms with Gasteiger partial charge in [0.1, 0.15) is 0 Å². The van der Waals surface area contributed by atoms with Crippen molar-refractivity contribution in [3.8, 4) is 0 Å². The third kappa shape index (κ3) is 5.78. The van der Waals surface area contributed by atoms with E-state index in [4.69, 9.17) is 0 Å². The van der Waals surface area contributed by atoms with Crippen LogP contribution >= 0.6 is 0 Å². The van der Waals surface area contributed by atoms with Gasteiger partial charge < -0.3 is 9.80 Å². The average molecular weight is 214 g/mol. The zero-order chi connectivity index (χ0) is 11.7. The molecule has 0 aliphatic carbocycles. The minimum absolute atomic E-state index is 0.298. The Bertz CT molecular complexity index is 163. The van der Waals surface area contributed by atoms with Crippen molar-refractivity contribution in [1.29, 1.82) is 0 Å². The highest BCUT2D eigenvalue weighted by molar-refractivity contribution is 5.76. The van der Waals surface area contributed by atoms with Crippen LogP contribution in [0.4, 0.5) is 0 Å². The fourth-order valence-corrected chi connectivity index (χ4v) is 1.73. The molecular weight excluding hydrogens is 188 g/mol. The van der Waals surface area contributed by atoms with E-state index in [1.165, 1.54) is 0 Å². The van der Waals surface area contributed by atoms with Crippen LogP contribution in [0.3, 0.4) is 0 Å². The standard InChI is InChI=1S/C12H26N2O/c1-5-13(6-2)11-9-10-12(15)14(7-3)8-4/h5-11H2,1-4H3. The van der Waals surface area contributed by atoms with Gasteiger partial charge >= 0.3 is 0 Å². The number of carbonyl (C=O) groups is 1. The quantitative estimate of drug-likeness (QED) is 0.617. The van der Waals surface area contributed by atoms with Gasteiger partial charge in [0.2, 0.25) is 5.91 Å². The maximum absolute atomic E-state index is 11.7. The summed E-state index contributed by atoms with van der Waals surface area (Å²) in [6, 6.07) is 0. The molecule has 1 amide bonds. The van der Waals surface area contributed by atoms with Crippen molar-refractivity contribution in [3.63, 3.8) is 0 Å². The average Bonchev–Trinajstić information content (AvgIpc) is 2.26. The van der Waals surface area contributed by atoms with Crippen LogP contribution in [0.15, 0.2) is 0 Å². The Labute approximate surface area is 94.4 Å². The van der Waals surface area contributed by atoms with Gasteiger partial charge in [-0.05, 0) is 39.9 Å². The van der Waals surface area contributed by atoms with Crippen molar-refractivity contribution in [3.05, 3.63) is 0 Å². The first kappa shape index (κ1) is 14.4. The summed E-state index contributed by atoms with van der Waals surface area (Å²) in [7, 11) is 0. The lowest BCUT2D eigenvalue weighted by Crippen LogP contribution is -2.31. The smallest absolute Gasteiger partial charge is 0.222 e. The Hall–Kier alpha value is -0.570. The monoisotopic (exact) mass is 214 g/mol. The lowest BCUT2D eigenvalue weighted by Gasteiger charge is -2.20. The fraction of sp³-hybridized carbons (Fsp3) is 0.917. The first-order chi connectivity index (χ1) is 7.19. The summed E-state index contributed by atoms with van der Waals surface area (Å²) in [5, 5.41) is 0. The second-order valence-electron chi connectivity index (χ2n) is 3.70. The van der Waals surface area contributed by atoms with Crippen molar-refractivity contribution < 1.29 is 4.79 Å². The highest BCUT2D eigenvalue weighted by Gasteiger charge is 2.09. The van der Waals surface area contributed by atoms with E-state index in [1.807, 2.05) is 18.7 Å². The van der Waals surface area contributed by atoms with E-state index in [9.17, 15) is 4.79 Å². The lowest BCUT2D eigenvalue weighted by molar-refractivity contribution is -0.130. The van der Waals surface area contributed by atoms with Crippen molar-refractivity contribution in [1.82, 2.24) is 9.80 Å². The van der Waals surface area contributed by atoms with Crippen LogP contribution in [0.25, 0.3) is 0 Å². The Balaban J connectivity index is 3.70. The number of amides is 1. The highest BCUT2D eigenvalue weighted by Crippen LogP contribution is 2.00. The van der Waals surface area contributed by atoms with Crippen molar-refractivity contribution in [2.24, 2.45) is 0 Å². The van der Waals surface area contributed by atoms with E-state index < -0.39 is 0 Å². The van der Waals surface area contributed by atoms with Gasteiger partial charge in [-0.2, -0.15) is 0 Å². The summed E-state index contributed by atoms with van der Waals surface area (Å²) in [5.74, 6) is 0.298. The van der Waals surface area contributed by atoms with Gasteiger partial charge in [-0.25, -0.2) is 0 Å². The van der Waals surface area contributed by atoms with E-state index in [2.05, 4.69) is 18.7 Å². The van der Waals surface area contributed by atoms with Gasteiger partial charge in [-0.15, -0.1) is 0 Å². The lowest BCUT2D eigenvalue weighted by atomic mass is 10.2. The first-order valence-electron chi connectivity index (χ1n) is 6.19. The zero-order valence-corrected chi connectivity index (χ0v) is 10.8. The van der Waals surface area contributed by atoms with E-state index in [1.54, 1.807) is 0 Å². The summed E-state index contributed by atoms with van der Waals surface area (Å²) < 4.78 is 0. The first-order valence-corrected chi connectivity index (χ1v) is 6.19. The molecule has 0 spiro atoms. The Morgan fingerprint density at radius 2 is 1.47 bits per heavy atom. The summed E-state index contributed by atoms with van der Waals surface area (Å²) in [6.07, 6.45) is 1.68. The predicted octanol–water partition coefficient (Wildman–Crippen LogP) is 1.98. The van der Waals surface area contributed by atoms with Gasteiger partial charge in [0, 0.05) is 19.5 Å². The van der Waals surface area contributed by atoms with Crippen molar-refractivity contribution >= 4 is 5.91 Å². The van der Waals surface area contributed by atoms with Crippen LogP contribution in [-0.4, -0.2) is 48.4 Å². The molecule has 15 heavy (non-hydrogen) atoms. The van der Waals surface area contributed by atoms with Crippen LogP contribution in [0.2, 0.25) is 0 Å². The summed E-state index contributed by atoms with van der Waals surface area (Å²) in [4.78, 5) is 15.9. The molecule has 0 rings (SSSR count). The largest absolute Gasteiger partial charge is 0.343 e. The molecule has 0 unspecified atom stereocenters. The minimum Gasteiger partial charge on any atom is -0.343 e. The molecule has 0 heterocycles. The van der Waals surface area contributed by atoms with Gasteiger partial charge in [0.05, 0.1) is 0 Å². The molecule has 0 saturated carbocycles. The zero-order valence-electron chi connectivity index (χ0n) is 10.8. The summed E-state index contributed by atoms with van der Waals surface area (Å²) in [5.41, 5.74) is 0. The maximum Gasteiger partial charge on any atom is 0.222 e. The number of nitrogens with zero attached hydrogens (tertiary/aromatic N) is 2. The molecule has 0 aromatic rings. The predicted molar refractivity (Wildman–Crippen MR) is 65.0 cm³/mol. The van der Waals surface area contributed by atoms with E-state index in [-0.39, 0.29) is 0 Å². The van der Waals surface area contributed by atoms with E-state index >= 15 is 0 Å². The van der Waals surface area contributed by atoms with Crippen LogP contribution in [0.5, 0.6) is 0 Å². The highest BCUT2D eigenvalue weighted by atomic mass is 16.2. The van der Waals surface area contributed by atoms with Gasteiger partial charge in [-0.3, -0.25) is 4.79 Å². The summed E-state index contributed by atoms with van der Waals surface area (Å²) in [6.45, 7) is 13.3. The Kier molecular flexibility index (Phi) is 8.38. The molecule has 0 aliphatic heterocycles. The van der Waals surface area contributed by atoms with Crippen molar-refractivity contribution in [2.45, 2.75) is 40.5 Å². The molecule has 3 heteroatoms. The Morgan fingerprint density at radius 3 is 1.87 bits per heavy atom. The van der Waals surface area contributed by atoms with E-state index in [0.29, 0.717) is 12.3 Å². The molecule has 3 nitrogen and oxygen atoms in total. The minimum atomic E-state index is 0.298. The molecule has 0 atom stereocenters. The summed E-state index contributed by atoms with van der Waals surface area (Å²) >= 11 is 0. The van der Waals surface area contributed by atoms with Crippen LogP contribution in [-0.2, 0) is 4.79 Å². The maximum atomic E-state index is 11.7. The normalized spacial score (nSPS) is 10.7. The molecule has 0 saturated heterocycles. The molecule has 0 radical (unpaired) electrons. The molecule has 0 bridgehead atoms. The van der Waals surface area contributed by atoms with Crippen LogP contribution < -0.4 is 0 Å². The third-order valence-corrected chi connectivity index (χ3v) is 2.88. The van der Waals surface area contributed by atoms with Gasteiger partial charge in [0.25, 0.3) is 0 Å². The molecule has 0 aromatic carbocycles. The molecule has 0 N–H and O–H groups in total. The SMILES string of the molecule is CCN(CC)CCCC(=O)N(CC)CC. The van der Waals surface area contributed by atoms with Crippen LogP contribution in [0, 0.1) is 0 Å². The molecule has 90 valence electrons. The van der Waals surface area contributed by atoms with Gasteiger partial charge in [0.15, 0.2) is 0 Å². The van der Waals surface area contributed by atoms with Crippen LogP contribution in [0.1, 0.15) is 40.5 Å².